The lowest BCUT2D eigenvalue weighted by molar-refractivity contribution is 1.24. The van der Waals surface area contributed by atoms with Crippen LogP contribution in [0.25, 0.3) is 22.6 Å². The average Bonchev–Trinajstić information content (AvgIpc) is 3.13. The van der Waals surface area contributed by atoms with Crippen LogP contribution in [-0.2, 0) is 5.75 Å². The second-order valence-corrected chi connectivity index (χ2v) is 7.40. The molecule has 0 fully saturated rings. The maximum atomic E-state index is 6.24. The largest absolute Gasteiger partial charge is 0.337 e. The molecule has 2 aromatic heterocycles. The van der Waals surface area contributed by atoms with Gasteiger partial charge in [-0.2, -0.15) is 0 Å². The molecule has 0 radical (unpaired) electrons. The number of thioether (sulfide) groups is 1. The predicted molar refractivity (Wildman–Crippen MR) is 117 cm³/mol. The molecule has 0 saturated heterocycles. The lowest BCUT2D eigenvalue weighted by atomic mass is 10.2. The molecule has 0 spiro atoms. The highest BCUT2D eigenvalue weighted by Gasteiger charge is 2.08. The van der Waals surface area contributed by atoms with Gasteiger partial charge in [0.1, 0.15) is 5.69 Å². The Bertz CT molecular complexity index is 1030. The van der Waals surface area contributed by atoms with Gasteiger partial charge in [-0.25, -0.2) is 4.98 Å². The Morgan fingerprint density at radius 2 is 1.85 bits per heavy atom. The van der Waals surface area contributed by atoms with E-state index in [1.54, 1.807) is 24.0 Å². The number of aromatic nitrogens is 3. The van der Waals surface area contributed by atoms with Crippen LogP contribution in [-0.4, -0.2) is 15.0 Å². The van der Waals surface area contributed by atoms with Crippen molar-refractivity contribution in [2.45, 2.75) is 24.5 Å². The van der Waals surface area contributed by atoms with Crippen LogP contribution in [0, 0.1) is 0 Å². The quantitative estimate of drug-likeness (QED) is 0.356. The molecule has 0 aliphatic rings. The summed E-state index contributed by atoms with van der Waals surface area (Å²) in [5.74, 6) is 1.56. The Morgan fingerprint density at radius 3 is 2.59 bits per heavy atom. The van der Waals surface area contributed by atoms with E-state index >= 15 is 0 Å². The molecule has 1 N–H and O–H groups in total. The maximum absolute atomic E-state index is 6.24. The third-order valence-electron chi connectivity index (χ3n) is 3.77. The third kappa shape index (κ3) is 4.83. The van der Waals surface area contributed by atoms with Gasteiger partial charge in [-0.05, 0) is 48.0 Å². The summed E-state index contributed by atoms with van der Waals surface area (Å²) in [5, 5.41) is 1.35. The summed E-state index contributed by atoms with van der Waals surface area (Å²) in [6.07, 6.45) is 1.76. The van der Waals surface area contributed by atoms with Crippen molar-refractivity contribution in [3.05, 3.63) is 76.4 Å². The zero-order chi connectivity index (χ0) is 19.2. The molecule has 0 atom stereocenters. The van der Waals surface area contributed by atoms with Crippen LogP contribution in [0.4, 0.5) is 0 Å². The summed E-state index contributed by atoms with van der Waals surface area (Å²) in [6.45, 7) is 4.00. The number of nitrogens with one attached hydrogen (secondary N) is 1. The molecule has 2 heterocycles. The van der Waals surface area contributed by atoms with Gasteiger partial charge in [0.25, 0.3) is 0 Å². The Kier molecular flexibility index (Phi) is 6.78. The summed E-state index contributed by atoms with van der Waals surface area (Å²) in [7, 11) is 0. The molecule has 138 valence electrons. The number of nitrogens with zero attached hydrogens (tertiary/aromatic N) is 2. The number of hydrogen-bond donors (Lipinski definition) is 1. The molecule has 0 aliphatic heterocycles. The summed E-state index contributed by atoms with van der Waals surface area (Å²) in [5.41, 5.74) is 3.82. The minimum atomic E-state index is 0.652. The average molecular weight is 416 g/mol. The van der Waals surface area contributed by atoms with Gasteiger partial charge < -0.3 is 4.98 Å². The van der Waals surface area contributed by atoms with Gasteiger partial charge in [0.2, 0.25) is 0 Å². The van der Waals surface area contributed by atoms with E-state index in [0.717, 1.165) is 38.8 Å². The topological polar surface area (TPSA) is 41.6 Å². The van der Waals surface area contributed by atoms with Crippen LogP contribution in [0.15, 0.2) is 65.7 Å². The number of benzene rings is 2. The van der Waals surface area contributed by atoms with Gasteiger partial charge in [0.15, 0.2) is 5.82 Å². The van der Waals surface area contributed by atoms with Crippen LogP contribution in [0.3, 0.4) is 0 Å². The summed E-state index contributed by atoms with van der Waals surface area (Å²) >= 11 is 13.9. The zero-order valence-corrected chi connectivity index (χ0v) is 17.4. The second-order valence-electron chi connectivity index (χ2n) is 5.50. The number of pyridine rings is 1. The van der Waals surface area contributed by atoms with Crippen molar-refractivity contribution < 1.29 is 0 Å². The van der Waals surface area contributed by atoms with E-state index < -0.39 is 0 Å². The fourth-order valence-electron chi connectivity index (χ4n) is 2.50. The van der Waals surface area contributed by atoms with E-state index in [-0.39, 0.29) is 0 Å². The molecular formula is C21H19Cl2N3S. The van der Waals surface area contributed by atoms with Crippen LogP contribution in [0.2, 0.25) is 10.0 Å². The minimum absolute atomic E-state index is 0.652. The van der Waals surface area contributed by atoms with E-state index in [1.165, 1.54) is 0 Å². The molecule has 0 bridgehead atoms. The zero-order valence-electron chi connectivity index (χ0n) is 15.0. The summed E-state index contributed by atoms with van der Waals surface area (Å²) < 4.78 is 0. The molecule has 6 heteroatoms. The number of halogens is 2. The molecule has 2 aromatic carbocycles. The molecule has 0 aliphatic carbocycles. The number of aromatic amines is 1. The van der Waals surface area contributed by atoms with Gasteiger partial charge in [-0.3, -0.25) is 4.98 Å². The molecular weight excluding hydrogens is 397 g/mol. The van der Waals surface area contributed by atoms with Crippen molar-refractivity contribution >= 4 is 46.0 Å². The van der Waals surface area contributed by atoms with Crippen molar-refractivity contribution in [2.24, 2.45) is 0 Å². The van der Waals surface area contributed by atoms with Gasteiger partial charge in [0.05, 0.1) is 11.0 Å². The Hall–Kier alpha value is -2.01. The van der Waals surface area contributed by atoms with Crippen LogP contribution >= 0.6 is 35.0 Å². The van der Waals surface area contributed by atoms with Crippen molar-refractivity contribution in [3.8, 4) is 11.5 Å². The smallest absolute Gasteiger partial charge is 0.157 e. The number of rotatable bonds is 4. The van der Waals surface area contributed by atoms with E-state index in [1.807, 2.05) is 50.2 Å². The number of fused-ring (bicyclic) bond motifs is 1. The van der Waals surface area contributed by atoms with Gasteiger partial charge >= 0.3 is 0 Å². The highest BCUT2D eigenvalue weighted by atomic mass is 35.5. The lowest BCUT2D eigenvalue weighted by Gasteiger charge is -2.05. The fraction of sp³-hybridized carbons (Fsp3) is 0.143. The normalized spacial score (nSPS) is 10.5. The molecule has 4 aromatic rings. The van der Waals surface area contributed by atoms with E-state index in [0.29, 0.717) is 10.0 Å². The molecule has 0 saturated carbocycles. The Morgan fingerprint density at radius 1 is 1.00 bits per heavy atom. The van der Waals surface area contributed by atoms with Gasteiger partial charge in [0, 0.05) is 26.9 Å². The van der Waals surface area contributed by atoms with Crippen molar-refractivity contribution in [3.63, 3.8) is 0 Å². The van der Waals surface area contributed by atoms with Crippen LogP contribution in [0.5, 0.6) is 0 Å². The maximum Gasteiger partial charge on any atom is 0.157 e. The monoisotopic (exact) mass is 415 g/mol. The number of H-pyrrole nitrogens is 1. The second kappa shape index (κ2) is 9.27. The Labute approximate surface area is 173 Å². The SMILES string of the molecule is CC.Clc1ccc(CSc2ccc3nc(-c4ccccn4)[nH]c3c2)c(Cl)c1. The number of hydrogen-bond acceptors (Lipinski definition) is 3. The molecule has 3 nitrogen and oxygen atoms in total. The molecule has 27 heavy (non-hydrogen) atoms. The first-order valence-corrected chi connectivity index (χ1v) is 10.4. The summed E-state index contributed by atoms with van der Waals surface area (Å²) in [4.78, 5) is 13.4. The first-order chi connectivity index (χ1) is 13.2. The van der Waals surface area contributed by atoms with Crippen molar-refractivity contribution in [2.75, 3.05) is 0 Å². The Balaban J connectivity index is 0.00000102. The van der Waals surface area contributed by atoms with Crippen molar-refractivity contribution in [1.29, 1.82) is 0 Å². The minimum Gasteiger partial charge on any atom is -0.337 e. The van der Waals surface area contributed by atoms with Crippen LogP contribution in [0.1, 0.15) is 19.4 Å². The molecule has 4 rings (SSSR count). The van der Waals surface area contributed by atoms with E-state index in [2.05, 4.69) is 27.1 Å². The number of imidazole rings is 1. The van der Waals surface area contributed by atoms with E-state index in [9.17, 15) is 0 Å². The lowest BCUT2D eigenvalue weighted by Crippen LogP contribution is -1.83. The fourth-order valence-corrected chi connectivity index (χ4v) is 4.00. The molecule has 0 unspecified atom stereocenters. The van der Waals surface area contributed by atoms with E-state index in [4.69, 9.17) is 23.2 Å². The predicted octanol–water partition coefficient (Wildman–Crippen LogP) is 7.25. The van der Waals surface area contributed by atoms with Gasteiger partial charge in [-0.15, -0.1) is 11.8 Å². The third-order valence-corrected chi connectivity index (χ3v) is 5.40. The summed E-state index contributed by atoms with van der Waals surface area (Å²) in [6, 6.07) is 17.6. The van der Waals surface area contributed by atoms with Crippen LogP contribution < -0.4 is 0 Å². The molecule has 0 amide bonds. The van der Waals surface area contributed by atoms with Crippen molar-refractivity contribution in [1.82, 2.24) is 15.0 Å². The first-order valence-electron chi connectivity index (χ1n) is 8.67. The standard InChI is InChI=1S/C19H13Cl2N3S.C2H6/c20-13-5-4-12(15(21)9-13)11-25-14-6-7-16-18(10-14)24-19(23-16)17-3-1-2-8-22-17;1-2/h1-10H,11H2,(H,23,24);1-2H3. The van der Waals surface area contributed by atoms with Gasteiger partial charge in [-0.1, -0.05) is 49.2 Å². The first kappa shape index (κ1) is 19.7. The highest BCUT2D eigenvalue weighted by Crippen LogP contribution is 2.30. The highest BCUT2D eigenvalue weighted by molar-refractivity contribution is 7.98.